The monoisotopic (exact) mass is 712 g/mol. The van der Waals surface area contributed by atoms with E-state index in [1.54, 1.807) is 34.1 Å². The van der Waals surface area contributed by atoms with Gasteiger partial charge >= 0.3 is 0 Å². The molecule has 51 heavy (non-hydrogen) atoms. The van der Waals surface area contributed by atoms with Crippen molar-refractivity contribution in [2.75, 3.05) is 35.2 Å². The van der Waals surface area contributed by atoms with E-state index in [9.17, 15) is 28.8 Å². The van der Waals surface area contributed by atoms with E-state index in [4.69, 9.17) is 0 Å². The highest BCUT2D eigenvalue weighted by atomic mass is 16.2. The van der Waals surface area contributed by atoms with Crippen LogP contribution < -0.4 is 10.6 Å². The number of benzene rings is 1. The van der Waals surface area contributed by atoms with Crippen LogP contribution >= 0.6 is 0 Å². The molecule has 7 unspecified atom stereocenters. The van der Waals surface area contributed by atoms with Crippen molar-refractivity contribution in [1.82, 2.24) is 30.2 Å². The van der Waals surface area contributed by atoms with E-state index < -0.39 is 53.8 Å². The standard InChI is InChI=1S/C39H64N6O6/c1-15-26(7)33(35(47)40-10)44(13)38(50)31(24(3)4)41-36(48)32(25(5)6)43(12)39(51)34(27(8)16-2)45(14)37(49)28(9)42(11)30(46)23-22-29-20-18-17-19-21-29/h17-28,31-34H,15-16H2,1-14H3,(H,40,47)(H,41,48). The third-order valence-electron chi connectivity index (χ3n) is 10.1. The van der Waals surface area contributed by atoms with Gasteiger partial charge in [0.15, 0.2) is 0 Å². The van der Waals surface area contributed by atoms with Gasteiger partial charge in [-0.05, 0) is 42.2 Å². The lowest BCUT2D eigenvalue weighted by Gasteiger charge is -2.40. The van der Waals surface area contributed by atoms with Crippen LogP contribution in [0.15, 0.2) is 36.4 Å². The van der Waals surface area contributed by atoms with Crippen LogP contribution in [0.2, 0.25) is 0 Å². The largest absolute Gasteiger partial charge is 0.357 e. The molecule has 0 fully saturated rings. The Morgan fingerprint density at radius 1 is 0.627 bits per heavy atom. The Morgan fingerprint density at radius 2 is 1.12 bits per heavy atom. The summed E-state index contributed by atoms with van der Waals surface area (Å²) in [6, 6.07) is 4.89. The van der Waals surface area contributed by atoms with E-state index in [0.29, 0.717) is 12.8 Å². The lowest BCUT2D eigenvalue weighted by Crippen LogP contribution is -2.62. The van der Waals surface area contributed by atoms with Crippen molar-refractivity contribution in [3.05, 3.63) is 42.0 Å². The number of hydrogen-bond acceptors (Lipinski definition) is 6. The summed E-state index contributed by atoms with van der Waals surface area (Å²) in [7, 11) is 7.73. The summed E-state index contributed by atoms with van der Waals surface area (Å²) in [5.41, 5.74) is 0.847. The van der Waals surface area contributed by atoms with E-state index >= 15 is 0 Å². The Kier molecular flexibility index (Phi) is 18.1. The summed E-state index contributed by atoms with van der Waals surface area (Å²) in [4.78, 5) is 87.3. The maximum absolute atomic E-state index is 14.3. The van der Waals surface area contributed by atoms with Crippen molar-refractivity contribution >= 4 is 41.5 Å². The molecule has 0 aliphatic rings. The molecule has 0 saturated heterocycles. The maximum Gasteiger partial charge on any atom is 0.246 e. The van der Waals surface area contributed by atoms with E-state index in [-0.39, 0.29) is 35.5 Å². The second-order valence-electron chi connectivity index (χ2n) is 14.4. The quantitative estimate of drug-likeness (QED) is 0.223. The SMILES string of the molecule is CCC(C)C(C(=O)NC)N(C)C(=O)C(NC(=O)C(C(C)C)N(C)C(=O)C(C(C)CC)N(C)C(=O)C(C)N(C)C(=O)C=Cc1ccccc1)C(C)C. The van der Waals surface area contributed by atoms with Crippen LogP contribution in [0.1, 0.15) is 80.7 Å². The van der Waals surface area contributed by atoms with Crippen molar-refractivity contribution in [3.63, 3.8) is 0 Å². The Bertz CT molecular complexity index is 1360. The van der Waals surface area contributed by atoms with Crippen molar-refractivity contribution in [2.45, 2.75) is 105 Å². The van der Waals surface area contributed by atoms with Gasteiger partial charge in [0.1, 0.15) is 30.2 Å². The summed E-state index contributed by atoms with van der Waals surface area (Å²) >= 11 is 0. The lowest BCUT2D eigenvalue weighted by atomic mass is 9.93. The predicted octanol–water partition coefficient (Wildman–Crippen LogP) is 3.66. The van der Waals surface area contributed by atoms with Gasteiger partial charge < -0.3 is 30.2 Å². The zero-order valence-corrected chi connectivity index (χ0v) is 33.4. The Labute approximate surface area is 306 Å². The first-order valence-corrected chi connectivity index (χ1v) is 18.1. The average Bonchev–Trinajstić information content (AvgIpc) is 3.11. The minimum absolute atomic E-state index is 0.127. The van der Waals surface area contributed by atoms with E-state index in [2.05, 4.69) is 10.6 Å². The van der Waals surface area contributed by atoms with Crippen molar-refractivity contribution in [1.29, 1.82) is 0 Å². The average molecular weight is 713 g/mol. The number of carbonyl (C=O) groups excluding carboxylic acids is 6. The Hall–Kier alpha value is -4.22. The number of likely N-dealkylation sites (N-methyl/N-ethyl adjacent to an activating group) is 5. The molecule has 0 aliphatic carbocycles. The van der Waals surface area contributed by atoms with Gasteiger partial charge in [0.05, 0.1) is 0 Å². The van der Waals surface area contributed by atoms with Gasteiger partial charge in [-0.3, -0.25) is 28.8 Å². The molecule has 286 valence electrons. The van der Waals surface area contributed by atoms with Crippen LogP contribution in [0.5, 0.6) is 0 Å². The molecule has 1 aromatic carbocycles. The number of hydrogen-bond donors (Lipinski definition) is 2. The topological polar surface area (TPSA) is 139 Å². The molecule has 0 radical (unpaired) electrons. The minimum atomic E-state index is -0.971. The highest BCUT2D eigenvalue weighted by Crippen LogP contribution is 2.22. The zero-order valence-electron chi connectivity index (χ0n) is 33.4. The molecule has 6 amide bonds. The van der Waals surface area contributed by atoms with Gasteiger partial charge in [0.25, 0.3) is 0 Å². The number of nitrogens with zero attached hydrogens (tertiary/aromatic N) is 4. The highest BCUT2D eigenvalue weighted by Gasteiger charge is 2.42. The van der Waals surface area contributed by atoms with Gasteiger partial charge in [0, 0.05) is 41.3 Å². The van der Waals surface area contributed by atoms with Crippen LogP contribution in [0.3, 0.4) is 0 Å². The minimum Gasteiger partial charge on any atom is -0.357 e. The molecule has 7 atom stereocenters. The fourth-order valence-corrected chi connectivity index (χ4v) is 6.22. The molecule has 0 saturated carbocycles. The van der Waals surface area contributed by atoms with Crippen LogP contribution in [0.25, 0.3) is 6.08 Å². The molecule has 1 rings (SSSR count). The maximum atomic E-state index is 14.3. The molecular weight excluding hydrogens is 648 g/mol. The van der Waals surface area contributed by atoms with E-state index in [0.717, 1.165) is 5.56 Å². The van der Waals surface area contributed by atoms with Gasteiger partial charge in [-0.25, -0.2) is 0 Å². The number of carbonyl (C=O) groups is 6. The second kappa shape index (κ2) is 20.6. The summed E-state index contributed by atoms with van der Waals surface area (Å²) < 4.78 is 0. The van der Waals surface area contributed by atoms with Gasteiger partial charge in [-0.1, -0.05) is 98.6 Å². The Balaban J connectivity index is 3.33. The molecule has 2 N–H and O–H groups in total. The lowest BCUT2D eigenvalue weighted by molar-refractivity contribution is -0.153. The summed E-state index contributed by atoms with van der Waals surface area (Å²) in [6.45, 7) is 16.5. The smallest absolute Gasteiger partial charge is 0.246 e. The normalized spacial score (nSPS) is 15.6. The van der Waals surface area contributed by atoms with Gasteiger partial charge in [-0.2, -0.15) is 0 Å². The molecule has 12 heteroatoms. The predicted molar refractivity (Wildman–Crippen MR) is 202 cm³/mol. The van der Waals surface area contributed by atoms with Crippen LogP contribution in [0, 0.1) is 23.7 Å². The molecule has 0 spiro atoms. The van der Waals surface area contributed by atoms with Crippen molar-refractivity contribution < 1.29 is 28.8 Å². The second-order valence-corrected chi connectivity index (χ2v) is 14.4. The fraction of sp³-hybridized carbons (Fsp3) is 0.641. The molecule has 0 aromatic heterocycles. The molecule has 0 aliphatic heterocycles. The first-order valence-electron chi connectivity index (χ1n) is 18.1. The van der Waals surface area contributed by atoms with E-state index in [1.807, 2.05) is 85.7 Å². The Morgan fingerprint density at radius 3 is 1.59 bits per heavy atom. The van der Waals surface area contributed by atoms with Crippen LogP contribution in [-0.2, 0) is 28.8 Å². The molecular formula is C39H64N6O6. The first-order chi connectivity index (χ1) is 23.8. The van der Waals surface area contributed by atoms with Gasteiger partial charge in [0.2, 0.25) is 35.4 Å². The first kappa shape index (κ1) is 44.8. The zero-order chi connectivity index (χ0) is 39.3. The van der Waals surface area contributed by atoms with E-state index in [1.165, 1.54) is 39.8 Å². The summed E-state index contributed by atoms with van der Waals surface area (Å²) in [6.07, 6.45) is 4.33. The molecule has 12 nitrogen and oxygen atoms in total. The molecule has 0 heterocycles. The third-order valence-corrected chi connectivity index (χ3v) is 10.1. The molecule has 0 bridgehead atoms. The number of nitrogens with one attached hydrogen (secondary N) is 2. The van der Waals surface area contributed by atoms with Crippen LogP contribution in [0.4, 0.5) is 0 Å². The van der Waals surface area contributed by atoms with Crippen molar-refractivity contribution in [3.8, 4) is 0 Å². The van der Waals surface area contributed by atoms with Gasteiger partial charge in [-0.15, -0.1) is 0 Å². The number of rotatable bonds is 18. The van der Waals surface area contributed by atoms with Crippen molar-refractivity contribution in [2.24, 2.45) is 23.7 Å². The highest BCUT2D eigenvalue weighted by molar-refractivity contribution is 5.98. The summed E-state index contributed by atoms with van der Waals surface area (Å²) in [5, 5.41) is 5.54. The summed E-state index contributed by atoms with van der Waals surface area (Å²) in [5.74, 6) is -3.50. The fourth-order valence-electron chi connectivity index (χ4n) is 6.22. The number of amides is 6. The third kappa shape index (κ3) is 11.7. The van der Waals surface area contributed by atoms with Crippen LogP contribution in [-0.4, -0.2) is 120 Å². The molecule has 1 aromatic rings.